The number of fused-ring (bicyclic) bond motifs is 1. The predicted molar refractivity (Wildman–Crippen MR) is 101 cm³/mol. The van der Waals surface area contributed by atoms with Gasteiger partial charge in [-0.25, -0.2) is 4.98 Å². The van der Waals surface area contributed by atoms with Crippen molar-refractivity contribution >= 4 is 34.3 Å². The van der Waals surface area contributed by atoms with E-state index < -0.39 is 12.0 Å². The Hall–Kier alpha value is -3.35. The number of aromatic nitrogens is 2. The molecule has 1 atom stereocenters. The third kappa shape index (κ3) is 4.00. The minimum Gasteiger partial charge on any atom is -0.494 e. The summed E-state index contributed by atoms with van der Waals surface area (Å²) in [5.74, 6) is 0.690. The van der Waals surface area contributed by atoms with Gasteiger partial charge < -0.3 is 20.5 Å². The number of nitrogens with zero attached hydrogens (tertiary/aromatic N) is 2. The molecule has 0 aliphatic carbocycles. The Morgan fingerprint density at radius 3 is 2.58 bits per heavy atom. The Kier molecular flexibility index (Phi) is 5.17. The van der Waals surface area contributed by atoms with Gasteiger partial charge >= 0.3 is 5.97 Å². The van der Waals surface area contributed by atoms with E-state index in [0.717, 1.165) is 22.3 Å². The lowest BCUT2D eigenvalue weighted by atomic mass is 10.2. The molecule has 0 aliphatic heterocycles. The smallest absolute Gasteiger partial charge is 0.325 e. The van der Waals surface area contributed by atoms with Crippen molar-refractivity contribution in [2.45, 2.75) is 19.9 Å². The number of hydrogen-bond donors (Lipinski definition) is 3. The van der Waals surface area contributed by atoms with Crippen LogP contribution in [0, 0.1) is 0 Å². The first-order chi connectivity index (χ1) is 12.6. The molecule has 26 heavy (non-hydrogen) atoms. The third-order valence-electron chi connectivity index (χ3n) is 3.75. The molecular weight excluding hydrogens is 332 g/mol. The number of rotatable bonds is 7. The molecule has 1 unspecified atom stereocenters. The zero-order valence-electron chi connectivity index (χ0n) is 14.6. The minimum absolute atomic E-state index is 0.382. The lowest BCUT2D eigenvalue weighted by Gasteiger charge is -2.14. The van der Waals surface area contributed by atoms with E-state index in [1.807, 2.05) is 55.5 Å². The summed E-state index contributed by atoms with van der Waals surface area (Å²) in [7, 11) is 0. The van der Waals surface area contributed by atoms with E-state index in [4.69, 9.17) is 9.84 Å². The van der Waals surface area contributed by atoms with E-state index in [2.05, 4.69) is 20.6 Å². The van der Waals surface area contributed by atoms with Gasteiger partial charge in [-0.2, -0.15) is 4.98 Å². The van der Waals surface area contributed by atoms with Crippen molar-refractivity contribution in [1.82, 2.24) is 9.97 Å². The summed E-state index contributed by atoms with van der Waals surface area (Å²) >= 11 is 0. The number of hydrogen-bond acceptors (Lipinski definition) is 6. The van der Waals surface area contributed by atoms with Crippen LogP contribution in [0.4, 0.5) is 17.5 Å². The van der Waals surface area contributed by atoms with Crippen LogP contribution in [0.3, 0.4) is 0 Å². The number of benzene rings is 2. The number of anilines is 3. The molecule has 7 heteroatoms. The van der Waals surface area contributed by atoms with Crippen LogP contribution in [-0.2, 0) is 4.79 Å². The van der Waals surface area contributed by atoms with Gasteiger partial charge in [-0.15, -0.1) is 0 Å². The third-order valence-corrected chi connectivity index (χ3v) is 3.75. The largest absolute Gasteiger partial charge is 0.494 e. The standard InChI is InChI=1S/C19H20N4O3/c1-3-26-14-10-8-13(9-11-14)21-19-22-16-7-5-4-6-15(16)17(23-19)20-12(2)18(24)25/h4-12H,3H2,1-2H3,(H,24,25)(H2,20,21,22,23). The highest BCUT2D eigenvalue weighted by Crippen LogP contribution is 2.25. The summed E-state index contributed by atoms with van der Waals surface area (Å²) in [6.07, 6.45) is 0. The van der Waals surface area contributed by atoms with E-state index in [9.17, 15) is 4.79 Å². The molecule has 3 N–H and O–H groups in total. The van der Waals surface area contributed by atoms with Crippen LogP contribution < -0.4 is 15.4 Å². The van der Waals surface area contributed by atoms with Gasteiger partial charge in [0.05, 0.1) is 12.1 Å². The predicted octanol–water partition coefficient (Wildman–Crippen LogP) is 3.66. The average Bonchev–Trinajstić information content (AvgIpc) is 2.63. The summed E-state index contributed by atoms with van der Waals surface area (Å²) < 4.78 is 5.43. The number of carboxylic acid groups (broad SMARTS) is 1. The number of ether oxygens (including phenoxy) is 1. The molecule has 0 saturated heterocycles. The van der Waals surface area contributed by atoms with Crippen LogP contribution in [0.15, 0.2) is 48.5 Å². The molecule has 1 heterocycles. The fourth-order valence-corrected chi connectivity index (χ4v) is 2.44. The zero-order chi connectivity index (χ0) is 18.5. The maximum atomic E-state index is 11.2. The van der Waals surface area contributed by atoms with Crippen LogP contribution in [-0.4, -0.2) is 33.7 Å². The highest BCUT2D eigenvalue weighted by molar-refractivity contribution is 5.92. The van der Waals surface area contributed by atoms with Crippen LogP contribution in [0.5, 0.6) is 5.75 Å². The average molecular weight is 352 g/mol. The van der Waals surface area contributed by atoms with Crippen molar-refractivity contribution in [3.05, 3.63) is 48.5 Å². The normalized spacial score (nSPS) is 11.8. The van der Waals surface area contributed by atoms with Crippen LogP contribution in [0.1, 0.15) is 13.8 Å². The fourth-order valence-electron chi connectivity index (χ4n) is 2.44. The molecule has 7 nitrogen and oxygen atoms in total. The van der Waals surface area contributed by atoms with E-state index >= 15 is 0 Å². The molecule has 1 aromatic heterocycles. The lowest BCUT2D eigenvalue weighted by Crippen LogP contribution is -2.26. The summed E-state index contributed by atoms with van der Waals surface area (Å²) in [5, 5.41) is 16.0. The number of aliphatic carboxylic acids is 1. The number of carboxylic acids is 1. The number of para-hydroxylation sites is 1. The first kappa shape index (κ1) is 17.5. The Morgan fingerprint density at radius 1 is 1.15 bits per heavy atom. The Morgan fingerprint density at radius 2 is 1.88 bits per heavy atom. The van der Waals surface area contributed by atoms with Gasteiger partial charge in [0.15, 0.2) is 0 Å². The van der Waals surface area contributed by atoms with Crippen LogP contribution in [0.2, 0.25) is 0 Å². The van der Waals surface area contributed by atoms with Crippen molar-refractivity contribution < 1.29 is 14.6 Å². The van der Waals surface area contributed by atoms with E-state index in [1.54, 1.807) is 6.92 Å². The molecule has 0 radical (unpaired) electrons. The Balaban J connectivity index is 1.91. The van der Waals surface area contributed by atoms with Gasteiger partial charge in [-0.1, -0.05) is 12.1 Å². The molecule has 0 saturated carbocycles. The second-order valence-electron chi connectivity index (χ2n) is 5.70. The molecule has 134 valence electrons. The van der Waals surface area contributed by atoms with E-state index in [-0.39, 0.29) is 0 Å². The van der Waals surface area contributed by atoms with Gasteiger partial charge in [0.1, 0.15) is 17.6 Å². The summed E-state index contributed by atoms with van der Waals surface area (Å²) in [6, 6.07) is 14.1. The zero-order valence-corrected chi connectivity index (χ0v) is 14.6. The molecule has 0 fully saturated rings. The first-order valence-corrected chi connectivity index (χ1v) is 8.33. The SMILES string of the molecule is CCOc1ccc(Nc2nc(NC(C)C(=O)O)c3ccccc3n2)cc1. The second-order valence-corrected chi connectivity index (χ2v) is 5.70. The highest BCUT2D eigenvalue weighted by atomic mass is 16.5. The quantitative estimate of drug-likeness (QED) is 0.597. The van der Waals surface area contributed by atoms with Crippen molar-refractivity contribution in [2.75, 3.05) is 17.2 Å². The van der Waals surface area contributed by atoms with Gasteiger partial charge in [-0.05, 0) is 50.2 Å². The number of carbonyl (C=O) groups is 1. The van der Waals surface area contributed by atoms with E-state index in [1.165, 1.54) is 0 Å². The topological polar surface area (TPSA) is 96.4 Å². The lowest BCUT2D eigenvalue weighted by molar-refractivity contribution is -0.137. The van der Waals surface area contributed by atoms with Gasteiger partial charge in [0.2, 0.25) is 5.95 Å². The van der Waals surface area contributed by atoms with Crippen LogP contribution >= 0.6 is 0 Å². The molecule has 0 bridgehead atoms. The van der Waals surface area contributed by atoms with Crippen molar-refractivity contribution in [2.24, 2.45) is 0 Å². The highest BCUT2D eigenvalue weighted by Gasteiger charge is 2.14. The Bertz CT molecular complexity index is 912. The molecule has 0 amide bonds. The monoisotopic (exact) mass is 352 g/mol. The fraction of sp³-hybridized carbons (Fsp3) is 0.211. The molecule has 0 aliphatic rings. The molecule has 0 spiro atoms. The van der Waals surface area contributed by atoms with Gasteiger partial charge in [0, 0.05) is 11.1 Å². The Labute approximate surface area is 151 Å². The van der Waals surface area contributed by atoms with Crippen molar-refractivity contribution in [1.29, 1.82) is 0 Å². The van der Waals surface area contributed by atoms with Crippen molar-refractivity contribution in [3.63, 3.8) is 0 Å². The molecule has 2 aromatic carbocycles. The summed E-state index contributed by atoms with van der Waals surface area (Å²) in [4.78, 5) is 20.1. The summed E-state index contributed by atoms with van der Waals surface area (Å²) in [6.45, 7) is 4.11. The van der Waals surface area contributed by atoms with E-state index in [0.29, 0.717) is 18.4 Å². The molecule has 3 aromatic rings. The summed E-state index contributed by atoms with van der Waals surface area (Å²) in [5.41, 5.74) is 1.52. The second kappa shape index (κ2) is 7.69. The van der Waals surface area contributed by atoms with Gasteiger partial charge in [-0.3, -0.25) is 4.79 Å². The maximum Gasteiger partial charge on any atom is 0.325 e. The van der Waals surface area contributed by atoms with Crippen LogP contribution in [0.25, 0.3) is 10.9 Å². The minimum atomic E-state index is -0.950. The maximum absolute atomic E-state index is 11.2. The van der Waals surface area contributed by atoms with Crippen molar-refractivity contribution in [3.8, 4) is 5.75 Å². The molecular formula is C19H20N4O3. The number of nitrogens with one attached hydrogen (secondary N) is 2. The molecule has 3 rings (SSSR count). The first-order valence-electron chi connectivity index (χ1n) is 8.33. The van der Waals surface area contributed by atoms with Gasteiger partial charge in [0.25, 0.3) is 0 Å².